The first-order valence-electron chi connectivity index (χ1n) is 6.52. The number of benzene rings is 1. The number of hydrogen-bond acceptors (Lipinski definition) is 3. The van der Waals surface area contributed by atoms with Crippen molar-refractivity contribution in [3.63, 3.8) is 0 Å². The normalized spacial score (nSPS) is 23.3. The van der Waals surface area contributed by atoms with E-state index >= 15 is 0 Å². The minimum absolute atomic E-state index is 0.390. The molecule has 2 rings (SSSR count). The monoisotopic (exact) mass is 247 g/mol. The second-order valence-corrected chi connectivity index (χ2v) is 5.04. The molecular formula is C14H21N3O. The fourth-order valence-corrected chi connectivity index (χ4v) is 2.88. The highest BCUT2D eigenvalue weighted by Gasteiger charge is 2.31. The van der Waals surface area contributed by atoms with E-state index in [1.54, 1.807) is 12.1 Å². The summed E-state index contributed by atoms with van der Waals surface area (Å²) in [6.45, 7) is 4.36. The van der Waals surface area contributed by atoms with E-state index in [1.807, 2.05) is 6.07 Å². The van der Waals surface area contributed by atoms with Crippen molar-refractivity contribution in [2.45, 2.75) is 45.2 Å². The van der Waals surface area contributed by atoms with Gasteiger partial charge in [-0.25, -0.2) is 0 Å². The third-order valence-electron chi connectivity index (χ3n) is 3.82. The Hall–Kier alpha value is -1.71. The maximum absolute atomic E-state index is 11.5. The number of nitrogens with zero attached hydrogens (tertiary/aromatic N) is 1. The lowest BCUT2D eigenvalue weighted by Gasteiger charge is -2.31. The summed E-state index contributed by atoms with van der Waals surface area (Å²) in [5.74, 6) is -0.390. The van der Waals surface area contributed by atoms with E-state index < -0.39 is 0 Å². The maximum Gasteiger partial charge on any atom is 0.250 e. The first kappa shape index (κ1) is 12.7. The first-order valence-corrected chi connectivity index (χ1v) is 6.52. The summed E-state index contributed by atoms with van der Waals surface area (Å²) in [5.41, 5.74) is 13.4. The van der Waals surface area contributed by atoms with Crippen LogP contribution in [0.2, 0.25) is 0 Å². The highest BCUT2D eigenvalue weighted by Crippen LogP contribution is 2.35. The van der Waals surface area contributed by atoms with Gasteiger partial charge in [0, 0.05) is 17.8 Å². The molecule has 2 atom stereocenters. The highest BCUT2D eigenvalue weighted by atomic mass is 16.1. The summed E-state index contributed by atoms with van der Waals surface area (Å²) < 4.78 is 0. The zero-order valence-corrected chi connectivity index (χ0v) is 11.0. The zero-order chi connectivity index (χ0) is 13.3. The number of carbonyl (C=O) groups excluding carboxylic acids is 1. The smallest absolute Gasteiger partial charge is 0.250 e. The van der Waals surface area contributed by atoms with Gasteiger partial charge in [0.05, 0.1) is 11.3 Å². The van der Waals surface area contributed by atoms with E-state index in [2.05, 4.69) is 18.7 Å². The van der Waals surface area contributed by atoms with Gasteiger partial charge < -0.3 is 16.4 Å². The summed E-state index contributed by atoms with van der Waals surface area (Å²) in [6, 6.07) is 6.22. The number of nitrogen functional groups attached to an aromatic ring is 1. The van der Waals surface area contributed by atoms with Crippen LogP contribution in [0.4, 0.5) is 11.4 Å². The Balaban J connectivity index is 2.48. The number of primary amides is 1. The molecular weight excluding hydrogens is 226 g/mol. The van der Waals surface area contributed by atoms with Gasteiger partial charge in [0.1, 0.15) is 0 Å². The fraction of sp³-hybridized carbons (Fsp3) is 0.500. The van der Waals surface area contributed by atoms with Crippen LogP contribution in [-0.4, -0.2) is 18.0 Å². The second kappa shape index (κ2) is 4.88. The van der Waals surface area contributed by atoms with E-state index in [0.717, 1.165) is 24.9 Å². The number of anilines is 2. The van der Waals surface area contributed by atoms with Crippen LogP contribution < -0.4 is 16.4 Å². The molecule has 4 heteroatoms. The van der Waals surface area contributed by atoms with E-state index in [1.165, 1.54) is 0 Å². The summed E-state index contributed by atoms with van der Waals surface area (Å²) in [7, 11) is 0. The van der Waals surface area contributed by atoms with Crippen molar-refractivity contribution in [3.05, 3.63) is 23.8 Å². The molecule has 1 saturated heterocycles. The lowest BCUT2D eigenvalue weighted by Crippen LogP contribution is -2.35. The van der Waals surface area contributed by atoms with E-state index in [9.17, 15) is 4.79 Å². The standard InChI is InChI=1S/C14H21N3O/c1-3-11-6-4-9(2)17(11)13-8-10(15)5-7-12(13)14(16)18/h5,7-9,11H,3-4,6,15H2,1-2H3,(H2,16,18). The summed E-state index contributed by atoms with van der Waals surface area (Å²) in [4.78, 5) is 13.8. The van der Waals surface area contributed by atoms with Gasteiger partial charge in [-0.05, 0) is 44.4 Å². The molecule has 0 spiro atoms. The van der Waals surface area contributed by atoms with Crippen molar-refractivity contribution in [1.82, 2.24) is 0 Å². The van der Waals surface area contributed by atoms with Crippen LogP contribution >= 0.6 is 0 Å². The largest absolute Gasteiger partial charge is 0.399 e. The van der Waals surface area contributed by atoms with E-state index in [-0.39, 0.29) is 5.91 Å². The predicted octanol–water partition coefficient (Wildman–Crippen LogP) is 2.14. The average Bonchev–Trinajstić information content (AvgIpc) is 2.69. The molecule has 1 fully saturated rings. The van der Waals surface area contributed by atoms with Gasteiger partial charge in [-0.2, -0.15) is 0 Å². The third kappa shape index (κ3) is 2.15. The lowest BCUT2D eigenvalue weighted by molar-refractivity contribution is 0.100. The van der Waals surface area contributed by atoms with Gasteiger partial charge >= 0.3 is 0 Å². The molecule has 4 nitrogen and oxygen atoms in total. The molecule has 0 saturated carbocycles. The van der Waals surface area contributed by atoms with Crippen molar-refractivity contribution in [3.8, 4) is 0 Å². The SMILES string of the molecule is CCC1CCC(C)N1c1cc(N)ccc1C(N)=O. The molecule has 1 aliphatic heterocycles. The Bertz CT molecular complexity index is 458. The fourth-order valence-electron chi connectivity index (χ4n) is 2.88. The summed E-state index contributed by atoms with van der Waals surface area (Å²) >= 11 is 0. The van der Waals surface area contributed by atoms with Gasteiger partial charge in [-0.15, -0.1) is 0 Å². The van der Waals surface area contributed by atoms with Gasteiger partial charge in [-0.1, -0.05) is 6.92 Å². The third-order valence-corrected chi connectivity index (χ3v) is 3.82. The van der Waals surface area contributed by atoms with Crippen LogP contribution in [0.3, 0.4) is 0 Å². The molecule has 0 aliphatic carbocycles. The van der Waals surface area contributed by atoms with Crippen LogP contribution in [0, 0.1) is 0 Å². The topological polar surface area (TPSA) is 72.3 Å². The van der Waals surface area contributed by atoms with Crippen LogP contribution in [0.25, 0.3) is 0 Å². The average molecular weight is 247 g/mol. The molecule has 98 valence electrons. The molecule has 4 N–H and O–H groups in total. The van der Waals surface area contributed by atoms with Crippen LogP contribution in [0.1, 0.15) is 43.5 Å². The Labute approximate surface area is 108 Å². The Morgan fingerprint density at radius 1 is 1.44 bits per heavy atom. The van der Waals surface area contributed by atoms with Crippen molar-refractivity contribution in [2.75, 3.05) is 10.6 Å². The van der Waals surface area contributed by atoms with Gasteiger partial charge in [0.15, 0.2) is 0 Å². The van der Waals surface area contributed by atoms with Crippen LogP contribution in [0.5, 0.6) is 0 Å². The van der Waals surface area contributed by atoms with Crippen LogP contribution in [-0.2, 0) is 0 Å². The second-order valence-electron chi connectivity index (χ2n) is 5.04. The number of amides is 1. The highest BCUT2D eigenvalue weighted by molar-refractivity contribution is 5.99. The predicted molar refractivity (Wildman–Crippen MR) is 74.6 cm³/mol. The van der Waals surface area contributed by atoms with Gasteiger partial charge in [0.25, 0.3) is 5.91 Å². The van der Waals surface area contributed by atoms with E-state index in [0.29, 0.717) is 23.3 Å². The number of rotatable bonds is 3. The first-order chi connectivity index (χ1) is 8.54. The zero-order valence-electron chi connectivity index (χ0n) is 11.0. The molecule has 18 heavy (non-hydrogen) atoms. The summed E-state index contributed by atoms with van der Waals surface area (Å²) in [6.07, 6.45) is 3.37. The molecule has 1 heterocycles. The Morgan fingerprint density at radius 3 is 2.78 bits per heavy atom. The molecule has 0 bridgehead atoms. The minimum atomic E-state index is -0.390. The van der Waals surface area contributed by atoms with Gasteiger partial charge in [0.2, 0.25) is 0 Å². The molecule has 2 unspecified atom stereocenters. The minimum Gasteiger partial charge on any atom is -0.399 e. The quantitative estimate of drug-likeness (QED) is 0.804. The van der Waals surface area contributed by atoms with E-state index in [4.69, 9.17) is 11.5 Å². The molecule has 1 amide bonds. The Kier molecular flexibility index (Phi) is 3.45. The maximum atomic E-state index is 11.5. The number of carbonyl (C=O) groups is 1. The van der Waals surface area contributed by atoms with Crippen molar-refractivity contribution in [1.29, 1.82) is 0 Å². The van der Waals surface area contributed by atoms with Gasteiger partial charge in [-0.3, -0.25) is 4.79 Å². The van der Waals surface area contributed by atoms with Crippen molar-refractivity contribution < 1.29 is 4.79 Å². The number of hydrogen-bond donors (Lipinski definition) is 2. The molecule has 0 aromatic heterocycles. The van der Waals surface area contributed by atoms with Crippen molar-refractivity contribution in [2.24, 2.45) is 5.73 Å². The van der Waals surface area contributed by atoms with Crippen LogP contribution in [0.15, 0.2) is 18.2 Å². The summed E-state index contributed by atoms with van der Waals surface area (Å²) in [5, 5.41) is 0. The lowest BCUT2D eigenvalue weighted by atomic mass is 10.1. The molecule has 0 radical (unpaired) electrons. The molecule has 1 aromatic rings. The Morgan fingerprint density at radius 2 is 2.17 bits per heavy atom. The number of nitrogens with two attached hydrogens (primary N) is 2. The molecule has 1 aliphatic rings. The van der Waals surface area contributed by atoms with Crippen molar-refractivity contribution >= 4 is 17.3 Å². The molecule has 1 aromatic carbocycles.